The molecule has 0 bridgehead atoms. The van der Waals surface area contributed by atoms with Crippen molar-refractivity contribution in [2.24, 2.45) is 0 Å². The quantitative estimate of drug-likeness (QED) is 0.636. The third-order valence-electron chi connectivity index (χ3n) is 3.77. The summed E-state index contributed by atoms with van der Waals surface area (Å²) in [6.45, 7) is 0.245. The van der Waals surface area contributed by atoms with Crippen LogP contribution in [0.2, 0.25) is 5.02 Å². The van der Waals surface area contributed by atoms with Crippen LogP contribution in [0, 0.1) is 0 Å². The average molecular weight is 358 g/mol. The van der Waals surface area contributed by atoms with Crippen molar-refractivity contribution in [3.8, 4) is 17.1 Å². The van der Waals surface area contributed by atoms with E-state index in [0.29, 0.717) is 23.7 Å². The second kappa shape index (κ2) is 7.36. The maximum Gasteiger partial charge on any atom is 0.346 e. The van der Waals surface area contributed by atoms with E-state index in [4.69, 9.17) is 16.3 Å². The number of halogens is 1. The fourth-order valence-corrected chi connectivity index (χ4v) is 2.63. The molecule has 0 saturated carbocycles. The predicted molar refractivity (Wildman–Crippen MR) is 95.1 cm³/mol. The monoisotopic (exact) mass is 357 g/mol. The Bertz CT molecular complexity index is 928. The summed E-state index contributed by atoms with van der Waals surface area (Å²) >= 11 is 5.93. The van der Waals surface area contributed by atoms with Crippen LogP contribution in [0.1, 0.15) is 5.56 Å². The van der Waals surface area contributed by atoms with E-state index in [1.54, 1.807) is 31.4 Å². The average Bonchev–Trinajstić information content (AvgIpc) is 2.93. The minimum Gasteiger partial charge on any atom is -0.497 e. The summed E-state index contributed by atoms with van der Waals surface area (Å²) in [5.74, 6) is 1.23. The van der Waals surface area contributed by atoms with Crippen LogP contribution in [-0.4, -0.2) is 27.7 Å². The number of aromatic nitrogens is 3. The van der Waals surface area contributed by atoms with Crippen molar-refractivity contribution in [1.29, 1.82) is 0 Å². The van der Waals surface area contributed by atoms with Crippen molar-refractivity contribution in [2.45, 2.75) is 13.1 Å². The number of nitrogens with zero attached hydrogens (tertiary/aromatic N) is 3. The highest BCUT2D eigenvalue weighted by atomic mass is 35.5. The number of aldehydes is 1. The lowest BCUT2D eigenvalue weighted by Gasteiger charge is -2.07. The van der Waals surface area contributed by atoms with Gasteiger partial charge in [0.1, 0.15) is 18.6 Å². The first-order valence-corrected chi connectivity index (χ1v) is 8.00. The van der Waals surface area contributed by atoms with Gasteiger partial charge in [-0.15, -0.1) is 5.10 Å². The van der Waals surface area contributed by atoms with Gasteiger partial charge in [-0.05, 0) is 42.0 Å². The maximum atomic E-state index is 12.6. The Morgan fingerprint density at radius 3 is 2.40 bits per heavy atom. The van der Waals surface area contributed by atoms with E-state index in [0.717, 1.165) is 21.6 Å². The summed E-state index contributed by atoms with van der Waals surface area (Å²) in [4.78, 5) is 23.4. The molecular formula is C18H16ClN3O3. The lowest BCUT2D eigenvalue weighted by molar-refractivity contribution is -0.108. The minimum absolute atomic E-state index is 0.0883. The molecule has 0 spiro atoms. The highest BCUT2D eigenvalue weighted by Gasteiger charge is 2.15. The summed E-state index contributed by atoms with van der Waals surface area (Å²) in [5, 5.41) is 4.89. The van der Waals surface area contributed by atoms with E-state index in [9.17, 15) is 9.59 Å². The molecule has 2 aromatic carbocycles. The summed E-state index contributed by atoms with van der Waals surface area (Å²) in [6.07, 6.45) is 0.651. The van der Waals surface area contributed by atoms with Crippen LogP contribution in [0.15, 0.2) is 53.3 Å². The third kappa shape index (κ3) is 3.64. The molecule has 0 N–H and O–H groups in total. The lowest BCUT2D eigenvalue weighted by atomic mass is 10.2. The first-order chi connectivity index (χ1) is 12.1. The summed E-state index contributed by atoms with van der Waals surface area (Å²) in [7, 11) is 1.60. The van der Waals surface area contributed by atoms with E-state index in [1.807, 2.05) is 24.3 Å². The minimum atomic E-state index is -0.340. The SMILES string of the molecule is COc1ccc(Cn2c(-c3ccc(Cl)cc3)nn(CC=O)c2=O)cc1. The van der Waals surface area contributed by atoms with Crippen LogP contribution in [-0.2, 0) is 17.9 Å². The topological polar surface area (TPSA) is 66.1 Å². The van der Waals surface area contributed by atoms with Gasteiger partial charge in [-0.3, -0.25) is 4.57 Å². The Kier molecular flexibility index (Phi) is 5.00. The highest BCUT2D eigenvalue weighted by Crippen LogP contribution is 2.20. The molecule has 0 aliphatic carbocycles. The molecule has 1 aromatic heterocycles. The van der Waals surface area contributed by atoms with Gasteiger partial charge in [0, 0.05) is 10.6 Å². The lowest BCUT2D eigenvalue weighted by Crippen LogP contribution is -2.26. The Morgan fingerprint density at radius 1 is 1.12 bits per heavy atom. The molecule has 6 nitrogen and oxygen atoms in total. The number of benzene rings is 2. The largest absolute Gasteiger partial charge is 0.497 e. The van der Waals surface area contributed by atoms with Crippen LogP contribution in [0.3, 0.4) is 0 Å². The van der Waals surface area contributed by atoms with Gasteiger partial charge < -0.3 is 9.53 Å². The number of methoxy groups -OCH3 is 1. The zero-order chi connectivity index (χ0) is 17.8. The van der Waals surface area contributed by atoms with Gasteiger partial charge >= 0.3 is 5.69 Å². The Morgan fingerprint density at radius 2 is 1.80 bits per heavy atom. The van der Waals surface area contributed by atoms with Gasteiger partial charge in [0.05, 0.1) is 13.7 Å². The smallest absolute Gasteiger partial charge is 0.346 e. The molecule has 0 unspecified atom stereocenters. The van der Waals surface area contributed by atoms with E-state index in [-0.39, 0.29) is 12.2 Å². The molecule has 0 aliphatic rings. The molecule has 0 fully saturated rings. The molecule has 3 rings (SSSR count). The molecule has 3 aromatic rings. The number of rotatable bonds is 6. The number of carbonyl (C=O) groups is 1. The van der Waals surface area contributed by atoms with Gasteiger partial charge in [0.15, 0.2) is 5.82 Å². The first kappa shape index (κ1) is 17.0. The van der Waals surface area contributed by atoms with Gasteiger partial charge in [-0.1, -0.05) is 23.7 Å². The molecular weight excluding hydrogens is 342 g/mol. The number of carbonyl (C=O) groups excluding carboxylic acids is 1. The van der Waals surface area contributed by atoms with Gasteiger partial charge in [-0.2, -0.15) is 0 Å². The van der Waals surface area contributed by atoms with Crippen LogP contribution in [0.4, 0.5) is 0 Å². The van der Waals surface area contributed by atoms with Crippen molar-refractivity contribution in [1.82, 2.24) is 14.3 Å². The maximum absolute atomic E-state index is 12.6. The molecule has 7 heteroatoms. The van der Waals surface area contributed by atoms with Crippen LogP contribution in [0.25, 0.3) is 11.4 Å². The fourth-order valence-electron chi connectivity index (χ4n) is 2.50. The van der Waals surface area contributed by atoms with Crippen molar-refractivity contribution in [3.63, 3.8) is 0 Å². The van der Waals surface area contributed by atoms with Gasteiger partial charge in [-0.25, -0.2) is 9.48 Å². The van der Waals surface area contributed by atoms with Gasteiger partial charge in [0.2, 0.25) is 0 Å². The normalized spacial score (nSPS) is 10.6. The molecule has 0 amide bonds. The molecule has 1 heterocycles. The van der Waals surface area contributed by atoms with Crippen LogP contribution in [0.5, 0.6) is 5.75 Å². The number of hydrogen-bond acceptors (Lipinski definition) is 4. The Balaban J connectivity index is 2.04. The van der Waals surface area contributed by atoms with E-state index < -0.39 is 0 Å². The third-order valence-corrected chi connectivity index (χ3v) is 4.02. The van der Waals surface area contributed by atoms with Crippen molar-refractivity contribution in [2.75, 3.05) is 7.11 Å². The second-order valence-corrected chi connectivity index (χ2v) is 5.83. The number of ether oxygens (including phenoxy) is 1. The highest BCUT2D eigenvalue weighted by molar-refractivity contribution is 6.30. The zero-order valence-electron chi connectivity index (χ0n) is 13.6. The summed E-state index contributed by atoms with van der Waals surface area (Å²) in [6, 6.07) is 14.5. The fraction of sp³-hybridized carbons (Fsp3) is 0.167. The standard InChI is InChI=1S/C18H16ClN3O3/c1-25-16-8-2-13(3-9-16)12-21-17(14-4-6-15(19)7-5-14)20-22(10-11-23)18(21)24/h2-9,11H,10,12H2,1H3. The van der Waals surface area contributed by atoms with E-state index >= 15 is 0 Å². The predicted octanol–water partition coefficient (Wildman–Crippen LogP) is 2.62. The second-order valence-electron chi connectivity index (χ2n) is 5.40. The molecule has 0 aliphatic heterocycles. The zero-order valence-corrected chi connectivity index (χ0v) is 14.3. The molecule has 25 heavy (non-hydrogen) atoms. The summed E-state index contributed by atoms with van der Waals surface area (Å²) in [5.41, 5.74) is 1.33. The van der Waals surface area contributed by atoms with Gasteiger partial charge in [0.25, 0.3) is 0 Å². The molecule has 0 saturated heterocycles. The molecule has 128 valence electrons. The van der Waals surface area contributed by atoms with Crippen LogP contribution < -0.4 is 10.4 Å². The van der Waals surface area contributed by atoms with Crippen molar-refractivity contribution >= 4 is 17.9 Å². The molecule has 0 radical (unpaired) electrons. The van der Waals surface area contributed by atoms with E-state index in [2.05, 4.69) is 5.10 Å². The Hall–Kier alpha value is -2.86. The van der Waals surface area contributed by atoms with E-state index in [1.165, 1.54) is 4.57 Å². The first-order valence-electron chi connectivity index (χ1n) is 7.62. The number of hydrogen-bond donors (Lipinski definition) is 0. The Labute approximate surface area is 149 Å². The van der Waals surface area contributed by atoms with Crippen molar-refractivity contribution in [3.05, 3.63) is 69.6 Å². The van der Waals surface area contributed by atoms with Crippen molar-refractivity contribution < 1.29 is 9.53 Å². The summed E-state index contributed by atoms with van der Waals surface area (Å²) < 4.78 is 7.84. The van der Waals surface area contributed by atoms with Crippen LogP contribution >= 0.6 is 11.6 Å². The molecule has 0 atom stereocenters.